The van der Waals surface area contributed by atoms with E-state index in [1.165, 1.54) is 12.1 Å². The molecule has 0 amide bonds. The standard InChI is InChI=1S/C19H31FN4O/c1-15(2)18(24-9-11-25-12-10-24)13-22-19(21-3)23(4)14-16-5-7-17(20)8-6-16/h5-8,15,18H,9-14H2,1-4H3,(H,21,22). The topological polar surface area (TPSA) is 40.1 Å². The molecular weight excluding hydrogens is 319 g/mol. The third kappa shape index (κ3) is 5.97. The highest BCUT2D eigenvalue weighted by atomic mass is 19.1. The summed E-state index contributed by atoms with van der Waals surface area (Å²) in [4.78, 5) is 8.95. The number of rotatable bonds is 6. The molecule has 0 radical (unpaired) electrons. The molecule has 1 aromatic rings. The minimum atomic E-state index is -0.209. The molecule has 1 unspecified atom stereocenters. The smallest absolute Gasteiger partial charge is 0.193 e. The van der Waals surface area contributed by atoms with Gasteiger partial charge in [0.05, 0.1) is 13.2 Å². The van der Waals surface area contributed by atoms with E-state index in [1.54, 1.807) is 7.05 Å². The first-order valence-corrected chi connectivity index (χ1v) is 8.99. The molecule has 1 heterocycles. The summed E-state index contributed by atoms with van der Waals surface area (Å²) in [6.45, 7) is 9.62. The summed E-state index contributed by atoms with van der Waals surface area (Å²) in [5, 5.41) is 3.50. The molecule has 1 atom stereocenters. The quantitative estimate of drug-likeness (QED) is 0.631. The van der Waals surface area contributed by atoms with Gasteiger partial charge in [-0.25, -0.2) is 4.39 Å². The molecule has 5 nitrogen and oxygen atoms in total. The van der Waals surface area contributed by atoms with E-state index < -0.39 is 0 Å². The Balaban J connectivity index is 1.91. The minimum Gasteiger partial charge on any atom is -0.379 e. The first-order chi connectivity index (χ1) is 12.0. The second-order valence-electron chi connectivity index (χ2n) is 6.87. The number of ether oxygens (including phenoxy) is 1. The molecule has 0 spiro atoms. The zero-order valence-corrected chi connectivity index (χ0v) is 15.8. The van der Waals surface area contributed by atoms with Gasteiger partial charge in [0.1, 0.15) is 5.82 Å². The van der Waals surface area contributed by atoms with E-state index in [1.807, 2.05) is 19.2 Å². The van der Waals surface area contributed by atoms with Gasteiger partial charge in [-0.3, -0.25) is 9.89 Å². The molecule has 1 aliphatic heterocycles. The molecule has 1 saturated heterocycles. The summed E-state index contributed by atoms with van der Waals surface area (Å²) in [5.41, 5.74) is 1.06. The van der Waals surface area contributed by atoms with Crippen molar-refractivity contribution >= 4 is 5.96 Å². The lowest BCUT2D eigenvalue weighted by molar-refractivity contribution is 0.00741. The third-order valence-electron chi connectivity index (χ3n) is 4.66. The molecule has 140 valence electrons. The van der Waals surface area contributed by atoms with Gasteiger partial charge in [-0.1, -0.05) is 26.0 Å². The lowest BCUT2D eigenvalue weighted by Crippen LogP contribution is -2.52. The average Bonchev–Trinajstić information content (AvgIpc) is 2.61. The van der Waals surface area contributed by atoms with Crippen LogP contribution in [0.3, 0.4) is 0 Å². The Morgan fingerprint density at radius 3 is 2.48 bits per heavy atom. The van der Waals surface area contributed by atoms with E-state index in [0.717, 1.165) is 44.4 Å². The van der Waals surface area contributed by atoms with Crippen LogP contribution in [0.15, 0.2) is 29.3 Å². The summed E-state index contributed by atoms with van der Waals surface area (Å²) >= 11 is 0. The SMILES string of the molecule is CN=C(NCC(C(C)C)N1CCOCC1)N(C)Cc1ccc(F)cc1. The zero-order valence-electron chi connectivity index (χ0n) is 15.8. The van der Waals surface area contributed by atoms with E-state index in [4.69, 9.17) is 4.74 Å². The summed E-state index contributed by atoms with van der Waals surface area (Å²) in [7, 11) is 3.79. The van der Waals surface area contributed by atoms with Crippen molar-refractivity contribution in [2.45, 2.75) is 26.4 Å². The van der Waals surface area contributed by atoms with Crippen molar-refractivity contribution < 1.29 is 9.13 Å². The van der Waals surface area contributed by atoms with Crippen LogP contribution in [0.4, 0.5) is 4.39 Å². The third-order valence-corrected chi connectivity index (χ3v) is 4.66. The number of nitrogens with one attached hydrogen (secondary N) is 1. The molecule has 0 aliphatic carbocycles. The van der Waals surface area contributed by atoms with Crippen LogP contribution in [-0.4, -0.2) is 68.7 Å². The number of guanidine groups is 1. The van der Waals surface area contributed by atoms with Gasteiger partial charge in [-0.15, -0.1) is 0 Å². The predicted octanol–water partition coefficient (Wildman–Crippen LogP) is 2.19. The molecule has 1 fully saturated rings. The van der Waals surface area contributed by atoms with Crippen molar-refractivity contribution in [1.82, 2.24) is 15.1 Å². The molecule has 25 heavy (non-hydrogen) atoms. The predicted molar refractivity (Wildman–Crippen MR) is 100 cm³/mol. The summed E-state index contributed by atoms with van der Waals surface area (Å²) in [6, 6.07) is 7.05. The number of morpholine rings is 1. The van der Waals surface area contributed by atoms with Crippen LogP contribution in [0.2, 0.25) is 0 Å². The Morgan fingerprint density at radius 2 is 1.92 bits per heavy atom. The van der Waals surface area contributed by atoms with Crippen LogP contribution in [-0.2, 0) is 11.3 Å². The highest BCUT2D eigenvalue weighted by Crippen LogP contribution is 2.12. The maximum Gasteiger partial charge on any atom is 0.193 e. The minimum absolute atomic E-state index is 0.209. The van der Waals surface area contributed by atoms with Crippen LogP contribution >= 0.6 is 0 Å². The number of aliphatic imine (C=N–C) groups is 1. The second-order valence-corrected chi connectivity index (χ2v) is 6.87. The van der Waals surface area contributed by atoms with Crippen LogP contribution in [0.1, 0.15) is 19.4 Å². The van der Waals surface area contributed by atoms with Gasteiger partial charge in [0.2, 0.25) is 0 Å². The fourth-order valence-corrected chi connectivity index (χ4v) is 3.21. The maximum atomic E-state index is 13.0. The average molecular weight is 350 g/mol. The normalized spacial score (nSPS) is 17.6. The van der Waals surface area contributed by atoms with Crippen molar-refractivity contribution in [3.8, 4) is 0 Å². The van der Waals surface area contributed by atoms with Crippen molar-refractivity contribution in [1.29, 1.82) is 0 Å². The monoisotopic (exact) mass is 350 g/mol. The molecular formula is C19H31FN4O. The van der Waals surface area contributed by atoms with Crippen LogP contribution in [0, 0.1) is 11.7 Å². The first kappa shape index (κ1) is 19.7. The van der Waals surface area contributed by atoms with Gasteiger partial charge in [0.15, 0.2) is 5.96 Å². The van der Waals surface area contributed by atoms with Crippen LogP contribution in [0.5, 0.6) is 0 Å². The number of halogens is 1. The lowest BCUT2D eigenvalue weighted by Gasteiger charge is -2.37. The first-order valence-electron chi connectivity index (χ1n) is 8.99. The van der Waals surface area contributed by atoms with Gasteiger partial charge >= 0.3 is 0 Å². The number of nitrogens with zero attached hydrogens (tertiary/aromatic N) is 3. The van der Waals surface area contributed by atoms with E-state index >= 15 is 0 Å². The number of hydrogen-bond acceptors (Lipinski definition) is 3. The van der Waals surface area contributed by atoms with E-state index in [0.29, 0.717) is 18.5 Å². The molecule has 2 rings (SSSR count). The van der Waals surface area contributed by atoms with Crippen LogP contribution < -0.4 is 5.32 Å². The van der Waals surface area contributed by atoms with Crippen molar-refractivity contribution in [2.24, 2.45) is 10.9 Å². The Labute approximate surface area is 150 Å². The summed E-state index contributed by atoms with van der Waals surface area (Å²) in [6.07, 6.45) is 0. The van der Waals surface area contributed by atoms with Crippen molar-refractivity contribution in [3.63, 3.8) is 0 Å². The lowest BCUT2D eigenvalue weighted by atomic mass is 10.0. The summed E-state index contributed by atoms with van der Waals surface area (Å²) < 4.78 is 18.5. The Hall–Kier alpha value is -1.66. The van der Waals surface area contributed by atoms with E-state index in [9.17, 15) is 4.39 Å². The molecule has 1 N–H and O–H groups in total. The second kappa shape index (κ2) is 9.73. The van der Waals surface area contributed by atoms with Crippen molar-refractivity contribution in [2.75, 3.05) is 46.9 Å². The van der Waals surface area contributed by atoms with Crippen LogP contribution in [0.25, 0.3) is 0 Å². The fourth-order valence-electron chi connectivity index (χ4n) is 3.21. The molecule has 1 aromatic carbocycles. The Bertz CT molecular complexity index is 541. The highest BCUT2D eigenvalue weighted by molar-refractivity contribution is 5.79. The molecule has 1 aliphatic rings. The largest absolute Gasteiger partial charge is 0.379 e. The highest BCUT2D eigenvalue weighted by Gasteiger charge is 2.24. The van der Waals surface area contributed by atoms with Crippen molar-refractivity contribution in [3.05, 3.63) is 35.6 Å². The zero-order chi connectivity index (χ0) is 18.2. The number of hydrogen-bond donors (Lipinski definition) is 1. The van der Waals surface area contributed by atoms with Gasteiger partial charge in [0, 0.05) is 46.3 Å². The van der Waals surface area contributed by atoms with Gasteiger partial charge < -0.3 is 15.0 Å². The molecule has 0 saturated carbocycles. The van der Waals surface area contributed by atoms with Gasteiger partial charge in [-0.2, -0.15) is 0 Å². The molecule has 0 bridgehead atoms. The molecule has 0 aromatic heterocycles. The fraction of sp³-hybridized carbons (Fsp3) is 0.632. The van der Waals surface area contributed by atoms with E-state index in [-0.39, 0.29) is 5.82 Å². The Kier molecular flexibility index (Phi) is 7.65. The Morgan fingerprint density at radius 1 is 1.28 bits per heavy atom. The summed E-state index contributed by atoms with van der Waals surface area (Å²) in [5.74, 6) is 1.19. The molecule has 6 heteroatoms. The maximum absolute atomic E-state index is 13.0. The van der Waals surface area contributed by atoms with Gasteiger partial charge in [-0.05, 0) is 23.6 Å². The van der Waals surface area contributed by atoms with E-state index in [2.05, 4.69) is 34.0 Å². The number of benzene rings is 1. The van der Waals surface area contributed by atoms with Gasteiger partial charge in [0.25, 0.3) is 0 Å².